The van der Waals surface area contributed by atoms with Crippen LogP contribution in [0.25, 0.3) is 0 Å². The Kier molecular flexibility index (Phi) is 6.35. The molecule has 1 N–H and O–H groups in total. The van der Waals surface area contributed by atoms with Crippen molar-refractivity contribution in [3.63, 3.8) is 0 Å². The normalized spacial score (nSPS) is 17.5. The number of hydrogen-bond donors (Lipinski definition) is 1. The van der Waals surface area contributed by atoms with Crippen LogP contribution in [-0.4, -0.2) is 45.9 Å². The fourth-order valence-electron chi connectivity index (χ4n) is 5.18. The third kappa shape index (κ3) is 4.43. The van der Waals surface area contributed by atoms with Crippen molar-refractivity contribution < 1.29 is 9.18 Å². The third-order valence-electron chi connectivity index (χ3n) is 7.06. The molecule has 1 saturated heterocycles. The van der Waals surface area contributed by atoms with Crippen molar-refractivity contribution in [3.05, 3.63) is 42.1 Å². The number of nitrogens with zero attached hydrogens (tertiary/aromatic N) is 4. The SMILES string of the molecule is CC(C)N(C(=O)c1cc(F)ccc1Nc1cncnc1N1CCC2(CCC2)CC1)C(C)C. The largest absolute Gasteiger partial charge is 0.355 e. The molecule has 4 rings (SSSR count). The second-order valence-corrected chi connectivity index (χ2v) is 9.82. The van der Waals surface area contributed by atoms with Crippen LogP contribution in [0.3, 0.4) is 0 Å². The number of halogens is 1. The fourth-order valence-corrected chi connectivity index (χ4v) is 5.18. The van der Waals surface area contributed by atoms with Crippen molar-refractivity contribution in [1.29, 1.82) is 0 Å². The number of nitrogens with one attached hydrogen (secondary N) is 1. The van der Waals surface area contributed by atoms with Crippen molar-refractivity contribution in [3.8, 4) is 0 Å². The Morgan fingerprint density at radius 3 is 2.38 bits per heavy atom. The Morgan fingerprint density at radius 2 is 1.78 bits per heavy atom. The van der Waals surface area contributed by atoms with Gasteiger partial charge >= 0.3 is 0 Å². The van der Waals surface area contributed by atoms with Crippen molar-refractivity contribution in [1.82, 2.24) is 14.9 Å². The summed E-state index contributed by atoms with van der Waals surface area (Å²) < 4.78 is 14.2. The molecule has 2 fully saturated rings. The van der Waals surface area contributed by atoms with E-state index >= 15 is 0 Å². The molecule has 1 aliphatic carbocycles. The molecule has 7 heteroatoms. The monoisotopic (exact) mass is 439 g/mol. The van der Waals surface area contributed by atoms with Gasteiger partial charge in [-0.15, -0.1) is 0 Å². The van der Waals surface area contributed by atoms with Crippen molar-refractivity contribution >= 4 is 23.1 Å². The molecule has 0 radical (unpaired) electrons. The Hall–Kier alpha value is -2.70. The summed E-state index contributed by atoms with van der Waals surface area (Å²) in [5.41, 5.74) is 2.16. The average molecular weight is 440 g/mol. The van der Waals surface area contributed by atoms with Crippen LogP contribution in [0.2, 0.25) is 0 Å². The molecular weight excluding hydrogens is 405 g/mol. The van der Waals surface area contributed by atoms with Gasteiger partial charge in [0.25, 0.3) is 5.91 Å². The molecule has 2 aromatic rings. The topological polar surface area (TPSA) is 61.4 Å². The van der Waals surface area contributed by atoms with Gasteiger partial charge in [0.15, 0.2) is 5.82 Å². The second kappa shape index (κ2) is 9.04. The summed E-state index contributed by atoms with van der Waals surface area (Å²) in [6.07, 6.45) is 9.72. The lowest BCUT2D eigenvalue weighted by Crippen LogP contribution is -2.44. The van der Waals surface area contributed by atoms with E-state index in [0.29, 0.717) is 16.7 Å². The first-order valence-electron chi connectivity index (χ1n) is 11.7. The summed E-state index contributed by atoms with van der Waals surface area (Å²) in [4.78, 5) is 26.2. The van der Waals surface area contributed by atoms with Gasteiger partial charge in [-0.25, -0.2) is 14.4 Å². The molecule has 0 unspecified atom stereocenters. The molecule has 2 aliphatic rings. The first kappa shape index (κ1) is 22.5. The zero-order valence-corrected chi connectivity index (χ0v) is 19.6. The van der Waals surface area contributed by atoms with Crippen LogP contribution in [0, 0.1) is 11.2 Å². The van der Waals surface area contributed by atoms with Crippen LogP contribution in [0.1, 0.15) is 70.2 Å². The van der Waals surface area contributed by atoms with Gasteiger partial charge in [0, 0.05) is 25.2 Å². The van der Waals surface area contributed by atoms with Gasteiger partial charge in [-0.1, -0.05) is 6.42 Å². The van der Waals surface area contributed by atoms with Crippen LogP contribution in [-0.2, 0) is 0 Å². The highest BCUT2D eigenvalue weighted by molar-refractivity contribution is 6.01. The highest BCUT2D eigenvalue weighted by atomic mass is 19.1. The van der Waals surface area contributed by atoms with Gasteiger partial charge in [0.1, 0.15) is 17.8 Å². The minimum Gasteiger partial charge on any atom is -0.355 e. The predicted octanol–water partition coefficient (Wildman–Crippen LogP) is 5.39. The molecule has 2 heterocycles. The standard InChI is InChI=1S/C25H34FN5O/c1-17(2)31(18(3)4)24(32)20-14-19(26)6-7-21(20)29-22-15-27-16-28-23(22)30-12-10-25(11-13-30)8-5-9-25/h6-7,14-18,29H,5,8-13H2,1-4H3. The molecule has 1 saturated carbocycles. The Morgan fingerprint density at radius 1 is 1.09 bits per heavy atom. The van der Waals surface area contributed by atoms with E-state index in [1.807, 2.05) is 27.7 Å². The van der Waals surface area contributed by atoms with Crippen LogP contribution in [0.15, 0.2) is 30.7 Å². The molecule has 1 aliphatic heterocycles. The van der Waals surface area contributed by atoms with Gasteiger partial charge in [0.05, 0.1) is 17.4 Å². The lowest BCUT2D eigenvalue weighted by molar-refractivity contribution is 0.0644. The molecule has 0 atom stereocenters. The summed E-state index contributed by atoms with van der Waals surface area (Å²) >= 11 is 0. The van der Waals surface area contributed by atoms with Gasteiger partial charge in [-0.05, 0) is 77.0 Å². The zero-order valence-electron chi connectivity index (χ0n) is 19.6. The Bertz CT molecular complexity index is 955. The lowest BCUT2D eigenvalue weighted by Gasteiger charge is -2.48. The molecule has 32 heavy (non-hydrogen) atoms. The van der Waals surface area contributed by atoms with Gasteiger partial charge in [0.2, 0.25) is 0 Å². The average Bonchev–Trinajstić information content (AvgIpc) is 2.74. The van der Waals surface area contributed by atoms with E-state index in [4.69, 9.17) is 0 Å². The minimum absolute atomic E-state index is 0.00131. The third-order valence-corrected chi connectivity index (χ3v) is 7.06. The van der Waals surface area contributed by atoms with E-state index in [9.17, 15) is 9.18 Å². The van der Waals surface area contributed by atoms with Crippen molar-refractivity contribution in [2.45, 2.75) is 71.9 Å². The van der Waals surface area contributed by atoms with E-state index in [1.165, 1.54) is 44.2 Å². The zero-order chi connectivity index (χ0) is 22.9. The number of amides is 1. The van der Waals surface area contributed by atoms with E-state index in [-0.39, 0.29) is 18.0 Å². The van der Waals surface area contributed by atoms with E-state index in [2.05, 4.69) is 20.2 Å². The number of anilines is 3. The van der Waals surface area contributed by atoms with Gasteiger partial charge < -0.3 is 15.1 Å². The van der Waals surface area contributed by atoms with E-state index in [0.717, 1.165) is 24.6 Å². The number of carbonyl (C=O) groups excluding carboxylic acids is 1. The highest BCUT2D eigenvalue weighted by Crippen LogP contribution is 2.49. The first-order chi connectivity index (χ1) is 15.3. The fraction of sp³-hybridized carbons (Fsp3) is 0.560. The number of aromatic nitrogens is 2. The van der Waals surface area contributed by atoms with Crippen LogP contribution in [0.5, 0.6) is 0 Å². The molecule has 1 aromatic heterocycles. The number of benzene rings is 1. The summed E-state index contributed by atoms with van der Waals surface area (Å²) in [5.74, 6) is 0.208. The molecular formula is C25H34FN5O. The summed E-state index contributed by atoms with van der Waals surface area (Å²) in [6.45, 7) is 9.82. The lowest BCUT2D eigenvalue weighted by atomic mass is 9.63. The smallest absolute Gasteiger partial charge is 0.256 e. The molecule has 0 bridgehead atoms. The maximum Gasteiger partial charge on any atom is 0.256 e. The highest BCUT2D eigenvalue weighted by Gasteiger charge is 2.40. The van der Waals surface area contributed by atoms with Crippen molar-refractivity contribution in [2.75, 3.05) is 23.3 Å². The maximum atomic E-state index is 14.2. The summed E-state index contributed by atoms with van der Waals surface area (Å²) in [7, 11) is 0. The number of rotatable bonds is 6. The number of carbonyl (C=O) groups is 1. The number of piperidine rings is 1. The summed E-state index contributed by atoms with van der Waals surface area (Å²) in [6, 6.07) is 4.31. The molecule has 6 nitrogen and oxygen atoms in total. The van der Waals surface area contributed by atoms with Gasteiger partial charge in [-0.3, -0.25) is 4.79 Å². The first-order valence-corrected chi connectivity index (χ1v) is 11.7. The van der Waals surface area contributed by atoms with Crippen LogP contribution in [0.4, 0.5) is 21.6 Å². The molecule has 1 amide bonds. The molecule has 1 spiro atoms. The molecule has 172 valence electrons. The van der Waals surface area contributed by atoms with Crippen molar-refractivity contribution in [2.24, 2.45) is 5.41 Å². The molecule has 1 aromatic carbocycles. The van der Waals surface area contributed by atoms with E-state index < -0.39 is 5.82 Å². The predicted molar refractivity (Wildman–Crippen MR) is 126 cm³/mol. The Balaban J connectivity index is 1.61. The summed E-state index contributed by atoms with van der Waals surface area (Å²) in [5, 5.41) is 3.35. The number of hydrogen-bond acceptors (Lipinski definition) is 5. The second-order valence-electron chi connectivity index (χ2n) is 9.82. The van der Waals surface area contributed by atoms with Crippen LogP contribution < -0.4 is 10.2 Å². The van der Waals surface area contributed by atoms with E-state index in [1.54, 1.807) is 23.5 Å². The maximum absolute atomic E-state index is 14.2. The van der Waals surface area contributed by atoms with Crippen LogP contribution >= 0.6 is 0 Å². The minimum atomic E-state index is -0.433. The van der Waals surface area contributed by atoms with Gasteiger partial charge in [-0.2, -0.15) is 0 Å². The Labute approximate surface area is 190 Å². The quantitative estimate of drug-likeness (QED) is 0.654.